The van der Waals surface area contributed by atoms with Gasteiger partial charge in [0.25, 0.3) is 0 Å². The van der Waals surface area contributed by atoms with Gasteiger partial charge in [0.05, 0.1) is 24.5 Å². The summed E-state index contributed by atoms with van der Waals surface area (Å²) in [4.78, 5) is 17.2. The normalized spacial score (nSPS) is 15.4. The maximum Gasteiger partial charge on any atom is 0.319 e. The SMILES string of the molecule is COc1cccc(C(CNC(=O)Nc2ccccc2N2CCCCCC2)N(C)C)c1. The molecule has 0 aliphatic carbocycles. The van der Waals surface area contributed by atoms with E-state index in [0.717, 1.165) is 35.8 Å². The Morgan fingerprint density at radius 1 is 1.07 bits per heavy atom. The summed E-state index contributed by atoms with van der Waals surface area (Å²) in [7, 11) is 5.69. The Labute approximate surface area is 180 Å². The Morgan fingerprint density at radius 3 is 2.50 bits per heavy atom. The minimum atomic E-state index is -0.188. The van der Waals surface area contributed by atoms with Gasteiger partial charge in [-0.25, -0.2) is 4.79 Å². The molecule has 6 heteroatoms. The van der Waals surface area contributed by atoms with Crippen LogP contribution in [-0.4, -0.2) is 51.8 Å². The highest BCUT2D eigenvalue weighted by atomic mass is 16.5. The molecule has 1 atom stereocenters. The summed E-state index contributed by atoms with van der Waals surface area (Å²) in [5.41, 5.74) is 3.07. The molecule has 2 N–H and O–H groups in total. The average molecular weight is 411 g/mol. The van der Waals surface area contributed by atoms with Crippen LogP contribution in [0.5, 0.6) is 5.75 Å². The Bertz CT molecular complexity index is 816. The molecule has 0 spiro atoms. The number of benzene rings is 2. The van der Waals surface area contributed by atoms with Crippen LogP contribution in [0.1, 0.15) is 37.3 Å². The van der Waals surface area contributed by atoms with Gasteiger partial charge in [0, 0.05) is 19.6 Å². The molecule has 30 heavy (non-hydrogen) atoms. The predicted octanol–water partition coefficient (Wildman–Crippen LogP) is 4.50. The van der Waals surface area contributed by atoms with Crippen LogP contribution >= 0.6 is 0 Å². The van der Waals surface area contributed by atoms with E-state index >= 15 is 0 Å². The lowest BCUT2D eigenvalue weighted by Crippen LogP contribution is -2.37. The van der Waals surface area contributed by atoms with Gasteiger partial charge in [-0.15, -0.1) is 0 Å². The number of nitrogens with zero attached hydrogens (tertiary/aromatic N) is 2. The molecule has 0 aromatic heterocycles. The van der Waals surface area contributed by atoms with Crippen molar-refractivity contribution < 1.29 is 9.53 Å². The van der Waals surface area contributed by atoms with Gasteiger partial charge in [0.15, 0.2) is 0 Å². The van der Waals surface area contributed by atoms with E-state index in [2.05, 4.69) is 32.6 Å². The zero-order valence-electron chi connectivity index (χ0n) is 18.4. The fraction of sp³-hybridized carbons (Fsp3) is 0.458. The van der Waals surface area contributed by atoms with Crippen molar-refractivity contribution in [3.8, 4) is 5.75 Å². The van der Waals surface area contributed by atoms with Gasteiger partial charge in [-0.1, -0.05) is 37.1 Å². The van der Waals surface area contributed by atoms with Crippen LogP contribution in [0.15, 0.2) is 48.5 Å². The zero-order chi connectivity index (χ0) is 21.3. The van der Waals surface area contributed by atoms with Gasteiger partial charge in [-0.05, 0) is 56.8 Å². The Kier molecular flexibility index (Phi) is 7.97. The second-order valence-corrected chi connectivity index (χ2v) is 8.01. The molecule has 1 aliphatic heterocycles. The van der Waals surface area contributed by atoms with Crippen LogP contribution in [0.4, 0.5) is 16.2 Å². The van der Waals surface area contributed by atoms with Gasteiger partial charge in [-0.3, -0.25) is 0 Å². The number of likely N-dealkylation sites (N-methyl/N-ethyl adjacent to an activating group) is 1. The van der Waals surface area contributed by atoms with Crippen LogP contribution in [0.2, 0.25) is 0 Å². The number of carbonyl (C=O) groups excluding carboxylic acids is 1. The molecule has 3 rings (SSSR count). The molecule has 0 bridgehead atoms. The molecule has 6 nitrogen and oxygen atoms in total. The summed E-state index contributed by atoms with van der Waals surface area (Å²) in [6.07, 6.45) is 4.96. The Balaban J connectivity index is 1.65. The average Bonchev–Trinajstić information content (AvgIpc) is 3.04. The minimum absolute atomic E-state index is 0.0479. The number of hydrogen-bond donors (Lipinski definition) is 2. The lowest BCUT2D eigenvalue weighted by Gasteiger charge is -2.27. The van der Waals surface area contributed by atoms with E-state index in [0.29, 0.717) is 6.54 Å². The van der Waals surface area contributed by atoms with Crippen LogP contribution in [0.25, 0.3) is 0 Å². The first-order chi connectivity index (χ1) is 14.6. The van der Waals surface area contributed by atoms with Crippen LogP contribution in [0, 0.1) is 0 Å². The highest BCUT2D eigenvalue weighted by molar-refractivity contribution is 5.93. The highest BCUT2D eigenvalue weighted by Crippen LogP contribution is 2.28. The molecule has 0 radical (unpaired) electrons. The number of rotatable bonds is 7. The van der Waals surface area contributed by atoms with Crippen molar-refractivity contribution in [3.63, 3.8) is 0 Å². The smallest absolute Gasteiger partial charge is 0.319 e. The van der Waals surface area contributed by atoms with Crippen molar-refractivity contribution in [2.75, 3.05) is 51.1 Å². The number of anilines is 2. The molecule has 2 amide bonds. The second kappa shape index (κ2) is 10.9. The van der Waals surface area contributed by atoms with Crippen molar-refractivity contribution in [3.05, 3.63) is 54.1 Å². The number of hydrogen-bond acceptors (Lipinski definition) is 4. The third-order valence-corrected chi connectivity index (χ3v) is 5.66. The standard InChI is InChI=1S/C24H34N4O2/c1-27(2)23(19-11-10-12-20(17-19)30-3)18-25-24(29)26-21-13-6-7-14-22(21)28-15-8-4-5-9-16-28/h6-7,10-14,17,23H,4-5,8-9,15-16,18H2,1-3H3,(H2,25,26,29). The van der Waals surface area contributed by atoms with Gasteiger partial charge in [0.2, 0.25) is 0 Å². The molecule has 1 saturated heterocycles. The molecular weight excluding hydrogens is 376 g/mol. The molecular formula is C24H34N4O2. The molecule has 162 valence electrons. The van der Waals surface area contributed by atoms with E-state index in [4.69, 9.17) is 4.74 Å². The lowest BCUT2D eigenvalue weighted by molar-refractivity contribution is 0.243. The topological polar surface area (TPSA) is 56.8 Å². The lowest BCUT2D eigenvalue weighted by atomic mass is 10.1. The van der Waals surface area contributed by atoms with E-state index in [1.807, 2.05) is 50.5 Å². The summed E-state index contributed by atoms with van der Waals surface area (Å²) in [6, 6.07) is 15.9. The fourth-order valence-corrected chi connectivity index (χ4v) is 3.97. The van der Waals surface area contributed by atoms with E-state index in [1.165, 1.54) is 25.7 Å². The van der Waals surface area contributed by atoms with Gasteiger partial charge < -0.3 is 25.2 Å². The third kappa shape index (κ3) is 5.89. The predicted molar refractivity (Wildman–Crippen MR) is 124 cm³/mol. The number of amides is 2. The van der Waals surface area contributed by atoms with Crippen LogP contribution < -0.4 is 20.3 Å². The van der Waals surface area contributed by atoms with Gasteiger partial charge >= 0.3 is 6.03 Å². The van der Waals surface area contributed by atoms with E-state index in [9.17, 15) is 4.79 Å². The quantitative estimate of drug-likeness (QED) is 0.706. The number of para-hydroxylation sites is 2. The molecule has 2 aromatic rings. The maximum atomic E-state index is 12.7. The Hall–Kier alpha value is -2.73. The van der Waals surface area contributed by atoms with Crippen molar-refractivity contribution >= 4 is 17.4 Å². The summed E-state index contributed by atoms with van der Waals surface area (Å²) in [5, 5.41) is 6.10. The van der Waals surface area contributed by atoms with E-state index in [-0.39, 0.29) is 12.1 Å². The second-order valence-electron chi connectivity index (χ2n) is 8.01. The number of methoxy groups -OCH3 is 1. The number of nitrogens with one attached hydrogen (secondary N) is 2. The Morgan fingerprint density at radius 2 is 1.80 bits per heavy atom. The summed E-state index contributed by atoms with van der Waals surface area (Å²) < 4.78 is 5.35. The van der Waals surface area contributed by atoms with Crippen molar-refractivity contribution in [2.45, 2.75) is 31.7 Å². The van der Waals surface area contributed by atoms with E-state index in [1.54, 1.807) is 7.11 Å². The summed E-state index contributed by atoms with van der Waals surface area (Å²) in [6.45, 7) is 2.58. The summed E-state index contributed by atoms with van der Waals surface area (Å²) in [5.74, 6) is 0.815. The van der Waals surface area contributed by atoms with Gasteiger partial charge in [-0.2, -0.15) is 0 Å². The fourth-order valence-electron chi connectivity index (χ4n) is 3.97. The molecule has 1 fully saturated rings. The molecule has 1 heterocycles. The number of urea groups is 1. The van der Waals surface area contributed by atoms with Crippen LogP contribution in [0.3, 0.4) is 0 Å². The number of carbonyl (C=O) groups is 1. The first-order valence-electron chi connectivity index (χ1n) is 10.8. The van der Waals surface area contributed by atoms with Crippen molar-refractivity contribution in [2.24, 2.45) is 0 Å². The van der Waals surface area contributed by atoms with Gasteiger partial charge in [0.1, 0.15) is 5.75 Å². The monoisotopic (exact) mass is 410 g/mol. The maximum absolute atomic E-state index is 12.7. The first-order valence-corrected chi connectivity index (χ1v) is 10.8. The van der Waals surface area contributed by atoms with Crippen molar-refractivity contribution in [1.82, 2.24) is 10.2 Å². The molecule has 2 aromatic carbocycles. The third-order valence-electron chi connectivity index (χ3n) is 5.66. The molecule has 0 saturated carbocycles. The molecule has 1 unspecified atom stereocenters. The number of ether oxygens (including phenoxy) is 1. The zero-order valence-corrected chi connectivity index (χ0v) is 18.4. The minimum Gasteiger partial charge on any atom is -0.497 e. The molecule has 1 aliphatic rings. The van der Waals surface area contributed by atoms with E-state index < -0.39 is 0 Å². The largest absolute Gasteiger partial charge is 0.497 e. The summed E-state index contributed by atoms with van der Waals surface area (Å²) >= 11 is 0. The highest BCUT2D eigenvalue weighted by Gasteiger charge is 2.18. The first kappa shape index (κ1) is 22.0. The van der Waals surface area contributed by atoms with Crippen molar-refractivity contribution in [1.29, 1.82) is 0 Å². The van der Waals surface area contributed by atoms with Crippen LogP contribution in [-0.2, 0) is 0 Å².